The van der Waals surface area contributed by atoms with Crippen molar-refractivity contribution in [1.82, 2.24) is 0 Å². The summed E-state index contributed by atoms with van der Waals surface area (Å²) < 4.78 is 36.4. The van der Waals surface area contributed by atoms with Gasteiger partial charge in [0.2, 0.25) is 0 Å². The van der Waals surface area contributed by atoms with Crippen LogP contribution in [0.15, 0.2) is 21.5 Å². The van der Waals surface area contributed by atoms with Crippen molar-refractivity contribution in [2.75, 3.05) is 12.4 Å². The van der Waals surface area contributed by atoms with Crippen molar-refractivity contribution >= 4 is 31.7 Å². The van der Waals surface area contributed by atoms with Crippen molar-refractivity contribution < 1.29 is 22.7 Å². The molecule has 0 bridgehead atoms. The highest BCUT2D eigenvalue weighted by Crippen LogP contribution is 2.27. The van der Waals surface area contributed by atoms with Crippen LogP contribution in [0.3, 0.4) is 0 Å². The van der Waals surface area contributed by atoms with Crippen LogP contribution < -0.4 is 0 Å². The molecule has 0 fully saturated rings. The third kappa shape index (κ3) is 3.29. The molecule has 0 aromatic heterocycles. The van der Waals surface area contributed by atoms with E-state index in [-0.39, 0.29) is 22.6 Å². The van der Waals surface area contributed by atoms with E-state index in [4.69, 9.17) is 5.11 Å². The van der Waals surface area contributed by atoms with Gasteiger partial charge in [0.1, 0.15) is 0 Å². The van der Waals surface area contributed by atoms with Gasteiger partial charge in [0.15, 0.2) is 9.84 Å². The van der Waals surface area contributed by atoms with Gasteiger partial charge in [-0.1, -0.05) is 15.9 Å². The van der Waals surface area contributed by atoms with Crippen molar-refractivity contribution in [3.05, 3.63) is 27.7 Å². The number of hydrogen-bond donors (Lipinski definition) is 1. The summed E-state index contributed by atoms with van der Waals surface area (Å²) in [5, 5.41) is 8.89. The van der Waals surface area contributed by atoms with Gasteiger partial charge in [-0.25, -0.2) is 13.2 Å². The first-order chi connectivity index (χ1) is 8.29. The summed E-state index contributed by atoms with van der Waals surface area (Å²) in [5.74, 6) is -1.54. The van der Waals surface area contributed by atoms with E-state index >= 15 is 0 Å². The minimum Gasteiger partial charge on any atom is -0.478 e. The molecule has 100 valence electrons. The molecule has 0 saturated carbocycles. The summed E-state index contributed by atoms with van der Waals surface area (Å²) in [6, 6.07) is 2.45. The van der Waals surface area contributed by atoms with Crippen LogP contribution in [0.2, 0.25) is 0 Å². The number of hydrogen-bond acceptors (Lipinski definition) is 3. The molecule has 0 saturated heterocycles. The lowest BCUT2D eigenvalue weighted by molar-refractivity contribution is 0.0696. The molecule has 1 aromatic carbocycles. The molecule has 0 radical (unpaired) electrons. The molecule has 0 aliphatic carbocycles. The Morgan fingerprint density at radius 3 is 2.56 bits per heavy atom. The van der Waals surface area contributed by atoms with E-state index in [0.29, 0.717) is 10.0 Å². The molecule has 18 heavy (non-hydrogen) atoms. The molecule has 0 heterocycles. The normalized spacial score (nSPS) is 11.5. The lowest BCUT2D eigenvalue weighted by atomic mass is 10.1. The maximum atomic E-state index is 12.1. The summed E-state index contributed by atoms with van der Waals surface area (Å²) >= 11 is 3.12. The van der Waals surface area contributed by atoms with Crippen LogP contribution in [0.1, 0.15) is 22.3 Å². The molecular formula is C11H12BrFO4S. The van der Waals surface area contributed by atoms with Gasteiger partial charge in [-0.2, -0.15) is 0 Å². The third-order valence-corrected chi connectivity index (χ3v) is 5.17. The van der Waals surface area contributed by atoms with Crippen molar-refractivity contribution in [1.29, 1.82) is 0 Å². The number of alkyl halides is 1. The van der Waals surface area contributed by atoms with Gasteiger partial charge in [0.25, 0.3) is 0 Å². The Bertz CT molecular complexity index is 569. The molecule has 7 heteroatoms. The van der Waals surface area contributed by atoms with E-state index in [9.17, 15) is 17.6 Å². The van der Waals surface area contributed by atoms with E-state index < -0.39 is 22.5 Å². The molecule has 0 aliphatic rings. The second kappa shape index (κ2) is 5.79. The van der Waals surface area contributed by atoms with Gasteiger partial charge in [-0.3, -0.25) is 4.39 Å². The Kier molecular flexibility index (Phi) is 4.86. The first-order valence-corrected chi connectivity index (χ1v) is 7.56. The van der Waals surface area contributed by atoms with Gasteiger partial charge in [0, 0.05) is 4.47 Å². The molecule has 0 aliphatic heterocycles. The van der Waals surface area contributed by atoms with Crippen molar-refractivity contribution in [3.63, 3.8) is 0 Å². The predicted molar refractivity (Wildman–Crippen MR) is 68.5 cm³/mol. The average molecular weight is 339 g/mol. The number of benzene rings is 1. The lowest BCUT2D eigenvalue weighted by Crippen LogP contribution is -2.11. The highest BCUT2D eigenvalue weighted by molar-refractivity contribution is 9.10. The Labute approximate surface area is 113 Å². The second-order valence-corrected chi connectivity index (χ2v) is 6.68. The first-order valence-electron chi connectivity index (χ1n) is 5.11. The third-order valence-electron chi connectivity index (χ3n) is 2.43. The van der Waals surface area contributed by atoms with Gasteiger partial charge < -0.3 is 5.11 Å². The molecule has 1 rings (SSSR count). The van der Waals surface area contributed by atoms with Crippen LogP contribution in [0.25, 0.3) is 0 Å². The predicted octanol–water partition coefficient (Wildman–Crippen LogP) is 2.59. The maximum Gasteiger partial charge on any atom is 0.335 e. The zero-order valence-electron chi connectivity index (χ0n) is 9.61. The molecule has 0 atom stereocenters. The summed E-state index contributed by atoms with van der Waals surface area (Å²) in [4.78, 5) is 10.8. The molecular weight excluding hydrogens is 327 g/mol. The molecule has 1 N–H and O–H groups in total. The average Bonchev–Trinajstić information content (AvgIpc) is 2.29. The van der Waals surface area contributed by atoms with Crippen LogP contribution in [0, 0.1) is 6.92 Å². The van der Waals surface area contributed by atoms with Crippen molar-refractivity contribution in [2.45, 2.75) is 18.2 Å². The van der Waals surface area contributed by atoms with Crippen LogP contribution >= 0.6 is 15.9 Å². The fraction of sp³-hybridized carbons (Fsp3) is 0.364. The number of rotatable bonds is 5. The van der Waals surface area contributed by atoms with Gasteiger partial charge in [-0.15, -0.1) is 0 Å². The zero-order chi connectivity index (χ0) is 13.9. The summed E-state index contributed by atoms with van der Waals surface area (Å²) in [5.41, 5.74) is 0.310. The SMILES string of the molecule is Cc1c(Br)cc(C(=O)O)cc1S(=O)(=O)CCCF. The Hall–Kier alpha value is -0.950. The zero-order valence-corrected chi connectivity index (χ0v) is 12.0. The highest BCUT2D eigenvalue weighted by Gasteiger charge is 2.20. The van der Waals surface area contributed by atoms with Crippen LogP contribution in [-0.2, 0) is 9.84 Å². The summed E-state index contributed by atoms with van der Waals surface area (Å²) in [7, 11) is -3.66. The largest absolute Gasteiger partial charge is 0.478 e. The summed E-state index contributed by atoms with van der Waals surface area (Å²) in [6.07, 6.45) is -0.101. The van der Waals surface area contributed by atoms with Gasteiger partial charge in [0.05, 0.1) is 22.9 Å². The standard InChI is InChI=1S/C11H12BrFO4S/c1-7-9(12)5-8(11(14)15)6-10(7)18(16,17)4-2-3-13/h5-6H,2-4H2,1H3,(H,14,15). The number of aromatic carboxylic acids is 1. The molecule has 4 nitrogen and oxygen atoms in total. The number of carbonyl (C=O) groups is 1. The lowest BCUT2D eigenvalue weighted by Gasteiger charge is -2.10. The van der Waals surface area contributed by atoms with Crippen molar-refractivity contribution in [3.8, 4) is 0 Å². The maximum absolute atomic E-state index is 12.1. The number of halogens is 2. The summed E-state index contributed by atoms with van der Waals surface area (Å²) in [6.45, 7) is 0.843. The Morgan fingerprint density at radius 2 is 2.06 bits per heavy atom. The van der Waals surface area contributed by atoms with Gasteiger partial charge in [-0.05, 0) is 31.0 Å². The second-order valence-electron chi connectivity index (χ2n) is 3.75. The highest BCUT2D eigenvalue weighted by atomic mass is 79.9. The smallest absolute Gasteiger partial charge is 0.335 e. The molecule has 0 spiro atoms. The minimum absolute atomic E-state index is 0.0669. The monoisotopic (exact) mass is 338 g/mol. The van der Waals surface area contributed by atoms with Crippen LogP contribution in [-0.4, -0.2) is 31.9 Å². The van der Waals surface area contributed by atoms with E-state index in [1.165, 1.54) is 6.07 Å². The Balaban J connectivity index is 3.35. The van der Waals surface area contributed by atoms with Crippen molar-refractivity contribution in [2.24, 2.45) is 0 Å². The molecule has 0 unspecified atom stereocenters. The van der Waals surface area contributed by atoms with E-state index in [1.54, 1.807) is 6.92 Å². The van der Waals surface area contributed by atoms with E-state index in [0.717, 1.165) is 6.07 Å². The molecule has 0 amide bonds. The van der Waals surface area contributed by atoms with E-state index in [2.05, 4.69) is 15.9 Å². The van der Waals surface area contributed by atoms with Crippen LogP contribution in [0.4, 0.5) is 4.39 Å². The minimum atomic E-state index is -3.66. The number of sulfone groups is 1. The molecule has 1 aromatic rings. The number of carboxylic acid groups (broad SMARTS) is 1. The van der Waals surface area contributed by atoms with Crippen LogP contribution in [0.5, 0.6) is 0 Å². The fourth-order valence-corrected chi connectivity index (χ4v) is 3.64. The Morgan fingerprint density at radius 1 is 1.44 bits per heavy atom. The quantitative estimate of drug-likeness (QED) is 0.895. The fourth-order valence-electron chi connectivity index (χ4n) is 1.45. The first kappa shape index (κ1) is 15.1. The number of carboxylic acids is 1. The topological polar surface area (TPSA) is 71.4 Å². The van der Waals surface area contributed by atoms with E-state index in [1.807, 2.05) is 0 Å². The van der Waals surface area contributed by atoms with Gasteiger partial charge >= 0.3 is 5.97 Å².